The lowest BCUT2D eigenvalue weighted by molar-refractivity contribution is 0.0908. The number of nitrogens with two attached hydrogens (primary N) is 1. The summed E-state index contributed by atoms with van der Waals surface area (Å²) in [4.78, 5) is 11.8. The van der Waals surface area contributed by atoms with E-state index < -0.39 is 27.3 Å². The molecular formula is C14H21FN2O3S. The highest BCUT2D eigenvalue weighted by Gasteiger charge is 2.23. The molecule has 0 unspecified atom stereocenters. The number of hydrogen-bond acceptors (Lipinski definition) is 3. The number of hydrogen-bond donors (Lipinski definition) is 2. The van der Waals surface area contributed by atoms with Crippen LogP contribution in [0.5, 0.6) is 0 Å². The Morgan fingerprint density at radius 2 is 1.95 bits per heavy atom. The van der Waals surface area contributed by atoms with E-state index in [1.165, 1.54) is 6.92 Å². The van der Waals surface area contributed by atoms with E-state index in [-0.39, 0.29) is 16.0 Å². The van der Waals surface area contributed by atoms with E-state index in [4.69, 9.17) is 5.14 Å². The van der Waals surface area contributed by atoms with E-state index in [1.54, 1.807) is 0 Å². The van der Waals surface area contributed by atoms with Gasteiger partial charge < -0.3 is 5.32 Å². The molecule has 0 aliphatic heterocycles. The van der Waals surface area contributed by atoms with Crippen LogP contribution in [0.15, 0.2) is 17.0 Å². The monoisotopic (exact) mass is 316 g/mol. The Hall–Kier alpha value is -1.47. The van der Waals surface area contributed by atoms with E-state index in [1.807, 2.05) is 20.8 Å². The van der Waals surface area contributed by atoms with Crippen molar-refractivity contribution in [2.75, 3.05) is 0 Å². The van der Waals surface area contributed by atoms with Crippen LogP contribution in [-0.2, 0) is 10.0 Å². The van der Waals surface area contributed by atoms with Crippen LogP contribution in [0.4, 0.5) is 4.39 Å². The number of amides is 1. The molecule has 3 N–H and O–H groups in total. The molecule has 7 heteroatoms. The molecular weight excluding hydrogens is 295 g/mol. The molecule has 1 rings (SSSR count). The SMILES string of the molecule is CCCC(C)(C)NC(=O)c1cc(F)c(C)c(S(N)(=O)=O)c1. The van der Waals surface area contributed by atoms with Gasteiger partial charge in [-0.15, -0.1) is 0 Å². The Kier molecular flexibility index (Phi) is 5.11. The van der Waals surface area contributed by atoms with Gasteiger partial charge in [0.15, 0.2) is 0 Å². The van der Waals surface area contributed by atoms with E-state index in [2.05, 4.69) is 5.32 Å². The van der Waals surface area contributed by atoms with Gasteiger partial charge in [-0.1, -0.05) is 13.3 Å². The molecule has 0 saturated heterocycles. The minimum Gasteiger partial charge on any atom is -0.347 e. The molecule has 21 heavy (non-hydrogen) atoms. The highest BCUT2D eigenvalue weighted by molar-refractivity contribution is 7.89. The molecule has 1 amide bonds. The predicted octanol–water partition coefficient (Wildman–Crippen LogP) is 2.09. The Balaban J connectivity index is 3.21. The van der Waals surface area contributed by atoms with Gasteiger partial charge in [0.05, 0.1) is 4.90 Å². The average molecular weight is 316 g/mol. The maximum Gasteiger partial charge on any atom is 0.251 e. The highest BCUT2D eigenvalue weighted by Crippen LogP contribution is 2.20. The standard InChI is InChI=1S/C14H21FN2O3S/c1-5-6-14(3,4)17-13(18)10-7-11(15)9(2)12(8-10)21(16,19)20/h7-8H,5-6H2,1-4H3,(H,17,18)(H2,16,19,20). The number of sulfonamides is 1. The van der Waals surface area contributed by atoms with Gasteiger partial charge in [0.1, 0.15) is 5.82 Å². The first-order chi connectivity index (χ1) is 9.48. The fourth-order valence-electron chi connectivity index (χ4n) is 2.15. The van der Waals surface area contributed by atoms with Gasteiger partial charge >= 0.3 is 0 Å². The van der Waals surface area contributed by atoms with Crippen molar-refractivity contribution in [3.05, 3.63) is 29.1 Å². The highest BCUT2D eigenvalue weighted by atomic mass is 32.2. The summed E-state index contributed by atoms with van der Waals surface area (Å²) in [7, 11) is -4.09. The zero-order valence-corrected chi connectivity index (χ0v) is 13.5. The van der Waals surface area contributed by atoms with Crippen molar-refractivity contribution in [3.63, 3.8) is 0 Å². The summed E-state index contributed by atoms with van der Waals surface area (Å²) in [6.45, 7) is 6.98. The van der Waals surface area contributed by atoms with Crippen molar-refractivity contribution in [1.29, 1.82) is 0 Å². The predicted molar refractivity (Wildman–Crippen MR) is 79.0 cm³/mol. The first-order valence-corrected chi connectivity index (χ1v) is 8.18. The van der Waals surface area contributed by atoms with Crippen LogP contribution in [0, 0.1) is 12.7 Å². The van der Waals surface area contributed by atoms with Gasteiger partial charge in [0.2, 0.25) is 10.0 Å². The first-order valence-electron chi connectivity index (χ1n) is 6.63. The van der Waals surface area contributed by atoms with Crippen LogP contribution in [0.2, 0.25) is 0 Å². The molecule has 0 aliphatic rings. The lowest BCUT2D eigenvalue weighted by Gasteiger charge is -2.26. The van der Waals surface area contributed by atoms with Crippen molar-refractivity contribution in [3.8, 4) is 0 Å². The number of halogens is 1. The van der Waals surface area contributed by atoms with Crippen LogP contribution in [0.25, 0.3) is 0 Å². The second-order valence-electron chi connectivity index (χ2n) is 5.71. The Labute approximate surface area is 124 Å². The molecule has 0 aliphatic carbocycles. The summed E-state index contributed by atoms with van der Waals surface area (Å²) in [6, 6.07) is 2.12. The maximum absolute atomic E-state index is 13.8. The molecule has 0 aromatic heterocycles. The number of carbonyl (C=O) groups excluding carboxylic acids is 1. The molecule has 0 atom stereocenters. The normalized spacial score (nSPS) is 12.3. The summed E-state index contributed by atoms with van der Waals surface area (Å²) in [5, 5.41) is 7.80. The van der Waals surface area contributed by atoms with Gasteiger partial charge in [0.25, 0.3) is 5.91 Å². The van der Waals surface area contributed by atoms with Crippen molar-refractivity contribution < 1.29 is 17.6 Å². The summed E-state index contributed by atoms with van der Waals surface area (Å²) in [6.07, 6.45) is 1.62. The number of carbonyl (C=O) groups is 1. The Bertz CT molecular complexity index is 654. The second kappa shape index (κ2) is 6.11. The van der Waals surface area contributed by atoms with E-state index >= 15 is 0 Å². The molecule has 1 aromatic rings. The Morgan fingerprint density at radius 1 is 1.38 bits per heavy atom. The third kappa shape index (κ3) is 4.50. The van der Waals surface area contributed by atoms with Gasteiger partial charge in [-0.3, -0.25) is 4.79 Å². The van der Waals surface area contributed by atoms with E-state index in [0.29, 0.717) is 0 Å². The fourth-order valence-corrected chi connectivity index (χ4v) is 2.96. The fraction of sp³-hybridized carbons (Fsp3) is 0.500. The lowest BCUT2D eigenvalue weighted by Crippen LogP contribution is -2.43. The topological polar surface area (TPSA) is 89.3 Å². The number of nitrogens with one attached hydrogen (secondary N) is 1. The molecule has 118 valence electrons. The number of benzene rings is 1. The molecule has 0 radical (unpaired) electrons. The van der Waals surface area contributed by atoms with Crippen LogP contribution in [-0.4, -0.2) is 19.9 Å². The minimum atomic E-state index is -4.09. The van der Waals surface area contributed by atoms with Crippen LogP contribution < -0.4 is 10.5 Å². The second-order valence-corrected chi connectivity index (χ2v) is 7.24. The van der Waals surface area contributed by atoms with Crippen LogP contribution >= 0.6 is 0 Å². The third-order valence-corrected chi connectivity index (χ3v) is 4.23. The lowest BCUT2D eigenvalue weighted by atomic mass is 9.98. The zero-order valence-electron chi connectivity index (χ0n) is 12.7. The molecule has 0 fully saturated rings. The Morgan fingerprint density at radius 3 is 2.43 bits per heavy atom. The molecule has 0 saturated carbocycles. The molecule has 0 bridgehead atoms. The average Bonchev–Trinajstić information content (AvgIpc) is 2.29. The summed E-state index contributed by atoms with van der Waals surface area (Å²) < 4.78 is 36.7. The van der Waals surface area contributed by atoms with E-state index in [9.17, 15) is 17.6 Å². The maximum atomic E-state index is 13.8. The number of rotatable bonds is 5. The van der Waals surface area contributed by atoms with Crippen molar-refractivity contribution >= 4 is 15.9 Å². The number of primary sulfonamides is 1. The molecule has 0 spiro atoms. The quantitative estimate of drug-likeness (QED) is 0.871. The smallest absolute Gasteiger partial charge is 0.251 e. The van der Waals surface area contributed by atoms with Gasteiger partial charge in [0, 0.05) is 16.7 Å². The summed E-state index contributed by atoms with van der Waals surface area (Å²) in [5.41, 5.74) is -0.622. The van der Waals surface area contributed by atoms with Crippen molar-refractivity contribution in [2.24, 2.45) is 5.14 Å². The largest absolute Gasteiger partial charge is 0.347 e. The summed E-state index contributed by atoms with van der Waals surface area (Å²) >= 11 is 0. The summed E-state index contributed by atoms with van der Waals surface area (Å²) in [5.74, 6) is -1.31. The van der Waals surface area contributed by atoms with Gasteiger partial charge in [-0.25, -0.2) is 17.9 Å². The van der Waals surface area contributed by atoms with Gasteiger partial charge in [-0.05, 0) is 39.3 Å². The van der Waals surface area contributed by atoms with Crippen molar-refractivity contribution in [2.45, 2.75) is 51.0 Å². The van der Waals surface area contributed by atoms with E-state index in [0.717, 1.165) is 25.0 Å². The first kappa shape index (κ1) is 17.6. The third-order valence-electron chi connectivity index (χ3n) is 3.19. The zero-order chi connectivity index (χ0) is 16.4. The van der Waals surface area contributed by atoms with Crippen LogP contribution in [0.3, 0.4) is 0 Å². The molecule has 1 aromatic carbocycles. The van der Waals surface area contributed by atoms with Crippen LogP contribution in [0.1, 0.15) is 49.5 Å². The molecule has 0 heterocycles. The minimum absolute atomic E-state index is 0.0636. The molecule has 5 nitrogen and oxygen atoms in total. The van der Waals surface area contributed by atoms with Gasteiger partial charge in [-0.2, -0.15) is 0 Å². The van der Waals surface area contributed by atoms with Crippen molar-refractivity contribution in [1.82, 2.24) is 5.32 Å².